The van der Waals surface area contributed by atoms with Gasteiger partial charge in [0.2, 0.25) is 11.8 Å². The van der Waals surface area contributed by atoms with Gasteiger partial charge in [0, 0.05) is 30.3 Å². The quantitative estimate of drug-likeness (QED) is 0.182. The van der Waals surface area contributed by atoms with Gasteiger partial charge in [-0.15, -0.1) is 0 Å². The van der Waals surface area contributed by atoms with E-state index in [2.05, 4.69) is 58.1 Å². The molecule has 0 spiro atoms. The summed E-state index contributed by atoms with van der Waals surface area (Å²) in [6.45, 7) is 3.50. The fourth-order valence-corrected chi connectivity index (χ4v) is 5.68. The van der Waals surface area contributed by atoms with Crippen molar-refractivity contribution in [3.63, 3.8) is 0 Å². The van der Waals surface area contributed by atoms with Crippen molar-refractivity contribution in [3.05, 3.63) is 58.2 Å². The van der Waals surface area contributed by atoms with Crippen molar-refractivity contribution in [3.8, 4) is 23.1 Å². The number of Topliss-reactive ketones (excluding diaryl/α,β-unsaturated/α-hetero) is 1. The highest BCUT2D eigenvalue weighted by Gasteiger charge is 2.58. The van der Waals surface area contributed by atoms with E-state index in [4.69, 9.17) is 0 Å². The maximum atomic E-state index is 14.3. The number of hydrogen-bond donors (Lipinski definition) is 1. The highest BCUT2D eigenvalue weighted by Crippen LogP contribution is 2.46. The zero-order chi connectivity index (χ0) is 30.6. The Balaban J connectivity index is 1.32. The largest absolute Gasteiger partial charge is 0.313 e. The van der Waals surface area contributed by atoms with Crippen molar-refractivity contribution >= 4 is 50.2 Å². The molecule has 0 saturated carbocycles. The number of likely N-dealkylation sites (tertiary alicyclic amines) is 1. The highest BCUT2D eigenvalue weighted by molar-refractivity contribution is 9.10. The molecule has 43 heavy (non-hydrogen) atoms. The van der Waals surface area contributed by atoms with Crippen molar-refractivity contribution in [1.29, 1.82) is 0 Å². The number of alkyl halides is 1. The summed E-state index contributed by atoms with van der Waals surface area (Å²) in [5.74, 6) is 4.27. The number of aryl methyl sites for hydroxylation is 2. The molecule has 1 aliphatic heterocycles. The van der Waals surface area contributed by atoms with Crippen LogP contribution in [-0.4, -0.2) is 71.0 Å². The minimum absolute atomic E-state index is 0.0256. The lowest BCUT2D eigenvalue weighted by Crippen LogP contribution is -2.51. The summed E-state index contributed by atoms with van der Waals surface area (Å²) in [7, 11) is 0. The Labute approximate surface area is 252 Å². The van der Waals surface area contributed by atoms with Crippen LogP contribution in [0, 0.1) is 36.9 Å². The van der Waals surface area contributed by atoms with E-state index in [1.165, 1.54) is 28.8 Å². The van der Waals surface area contributed by atoms with Crippen LogP contribution in [0.1, 0.15) is 35.2 Å². The second kappa shape index (κ2) is 10.6. The number of pyridine rings is 2. The number of halogens is 3. The Morgan fingerprint density at radius 1 is 1.16 bits per heavy atom. The lowest BCUT2D eigenvalue weighted by atomic mass is 9.75. The number of carbonyl (C=O) groups is 3. The Kier molecular flexibility index (Phi) is 7.00. The van der Waals surface area contributed by atoms with Crippen molar-refractivity contribution in [2.45, 2.75) is 45.8 Å². The molecule has 3 atom stereocenters. The third-order valence-electron chi connectivity index (χ3n) is 7.68. The van der Waals surface area contributed by atoms with E-state index in [1.807, 2.05) is 0 Å². The first-order valence-corrected chi connectivity index (χ1v) is 14.0. The molecule has 2 amide bonds. The fourth-order valence-electron chi connectivity index (χ4n) is 5.39. The normalized spacial score (nSPS) is 20.3. The number of aromatic nitrogens is 6. The number of amides is 2. The van der Waals surface area contributed by atoms with Crippen LogP contribution in [0.15, 0.2) is 35.3 Å². The van der Waals surface area contributed by atoms with Gasteiger partial charge in [0.1, 0.15) is 47.2 Å². The molecule has 1 N–H and O–H groups in total. The SMILES string of the molecule is CC(=O)c1nn(CC(=O)N2[C@H](C(=O)Nc3nc(Br)c(F)cc3C)C[C@@]3(CF)C#C[C@@H]23)c2cnc(-c3cnc(C)nc3)cc12. The average Bonchev–Trinajstić information content (AvgIpc) is 3.43. The van der Waals surface area contributed by atoms with Gasteiger partial charge < -0.3 is 10.2 Å². The van der Waals surface area contributed by atoms with Crippen LogP contribution < -0.4 is 5.32 Å². The van der Waals surface area contributed by atoms with Crippen molar-refractivity contribution < 1.29 is 23.2 Å². The van der Waals surface area contributed by atoms with E-state index in [-0.39, 0.29) is 34.9 Å². The molecule has 0 unspecified atom stereocenters. The van der Waals surface area contributed by atoms with Gasteiger partial charge in [-0.1, -0.05) is 11.8 Å². The first-order chi connectivity index (χ1) is 20.5. The lowest BCUT2D eigenvalue weighted by Gasteiger charge is -2.34. The average molecular weight is 649 g/mol. The summed E-state index contributed by atoms with van der Waals surface area (Å²) in [4.78, 5) is 58.0. The van der Waals surface area contributed by atoms with E-state index >= 15 is 0 Å². The van der Waals surface area contributed by atoms with Crippen molar-refractivity contribution in [1.82, 2.24) is 34.6 Å². The summed E-state index contributed by atoms with van der Waals surface area (Å²) in [6, 6.07) is 0.971. The molecule has 5 heterocycles. The van der Waals surface area contributed by atoms with Crippen molar-refractivity contribution in [2.75, 3.05) is 12.0 Å². The van der Waals surface area contributed by atoms with Gasteiger partial charge >= 0.3 is 0 Å². The van der Waals surface area contributed by atoms with E-state index in [0.717, 1.165) is 0 Å². The predicted octanol–water partition coefficient (Wildman–Crippen LogP) is 3.59. The van der Waals surface area contributed by atoms with Gasteiger partial charge in [-0.05, 0) is 53.9 Å². The zero-order valence-corrected chi connectivity index (χ0v) is 24.7. The maximum absolute atomic E-state index is 14.3. The molecule has 4 aromatic heterocycles. The molecule has 218 valence electrons. The fraction of sp³-hybridized carbons (Fsp3) is 0.310. The van der Waals surface area contributed by atoms with E-state index in [0.29, 0.717) is 33.5 Å². The zero-order valence-electron chi connectivity index (χ0n) is 23.2. The van der Waals surface area contributed by atoms with Crippen LogP contribution in [0.25, 0.3) is 22.2 Å². The summed E-state index contributed by atoms with van der Waals surface area (Å²) >= 11 is 3.01. The number of hydrogen-bond acceptors (Lipinski definition) is 8. The van der Waals surface area contributed by atoms with E-state index < -0.39 is 41.8 Å². The van der Waals surface area contributed by atoms with Gasteiger partial charge in [-0.3, -0.25) is 24.0 Å². The van der Waals surface area contributed by atoms with Crippen LogP contribution in [0.2, 0.25) is 0 Å². The van der Waals surface area contributed by atoms with Gasteiger partial charge in [0.05, 0.1) is 22.8 Å². The first-order valence-electron chi connectivity index (χ1n) is 13.2. The molecular weight excluding hydrogens is 626 g/mol. The molecule has 0 aromatic carbocycles. The highest BCUT2D eigenvalue weighted by atomic mass is 79.9. The van der Waals surface area contributed by atoms with Crippen LogP contribution >= 0.6 is 15.9 Å². The van der Waals surface area contributed by atoms with Gasteiger partial charge in [-0.25, -0.2) is 23.7 Å². The Hall–Kier alpha value is -4.64. The summed E-state index contributed by atoms with van der Waals surface area (Å²) in [6.07, 6.45) is 4.72. The number of fused-ring (bicyclic) bond motifs is 2. The monoisotopic (exact) mass is 648 g/mol. The molecule has 1 fully saturated rings. The standard InChI is InChI=1S/C29H23BrF2N8O3/c1-14-6-19(32)26(30)36-27(14)37-28(43)21-8-29(13-31)5-4-23(29)40(21)24(42)12-39-22-11-35-20(17-9-33-16(3)34-10-17)7-18(22)25(38-39)15(2)41/h6-7,9-11,21,23H,8,12-13H2,1-3H3,(H,36,37,43)/t21-,23+,29+/m0/s1. The molecule has 11 nitrogen and oxygen atoms in total. The van der Waals surface area contributed by atoms with Crippen LogP contribution in [-0.2, 0) is 16.1 Å². The number of ketones is 1. The molecule has 0 radical (unpaired) electrons. The molecule has 0 bridgehead atoms. The van der Waals surface area contributed by atoms with Gasteiger partial charge in [0.25, 0.3) is 0 Å². The van der Waals surface area contributed by atoms with Crippen LogP contribution in [0.5, 0.6) is 0 Å². The summed E-state index contributed by atoms with van der Waals surface area (Å²) in [5.41, 5.74) is 0.912. The molecular formula is C29H23BrF2N8O3. The van der Waals surface area contributed by atoms with E-state index in [1.54, 1.807) is 32.3 Å². The third-order valence-corrected chi connectivity index (χ3v) is 8.24. The minimum atomic E-state index is -1.17. The molecule has 4 aromatic rings. The lowest BCUT2D eigenvalue weighted by molar-refractivity contribution is -0.138. The molecule has 14 heteroatoms. The van der Waals surface area contributed by atoms with Crippen LogP contribution in [0.3, 0.4) is 0 Å². The maximum Gasteiger partial charge on any atom is 0.248 e. The second-order valence-electron chi connectivity index (χ2n) is 10.6. The van der Waals surface area contributed by atoms with Gasteiger partial charge in [0.15, 0.2) is 11.6 Å². The topological polar surface area (TPSA) is 136 Å². The number of carbonyl (C=O) groups excluding carboxylic acids is 3. The third kappa shape index (κ3) is 4.83. The minimum Gasteiger partial charge on any atom is -0.313 e. The number of anilines is 1. The summed E-state index contributed by atoms with van der Waals surface area (Å²) in [5, 5.41) is 7.53. The summed E-state index contributed by atoms with van der Waals surface area (Å²) < 4.78 is 29.4. The first kappa shape index (κ1) is 28.5. The molecule has 6 rings (SSSR count). The molecule has 1 aliphatic carbocycles. The van der Waals surface area contributed by atoms with Gasteiger partial charge in [-0.2, -0.15) is 5.10 Å². The number of nitrogens with one attached hydrogen (secondary N) is 1. The second-order valence-corrected chi connectivity index (χ2v) is 11.3. The van der Waals surface area contributed by atoms with Crippen LogP contribution in [0.4, 0.5) is 14.6 Å². The Bertz CT molecular complexity index is 1900. The number of nitrogens with zero attached hydrogens (tertiary/aromatic N) is 7. The molecule has 1 saturated heterocycles. The Morgan fingerprint density at radius 3 is 2.56 bits per heavy atom. The predicted molar refractivity (Wildman–Crippen MR) is 154 cm³/mol. The molecule has 2 aliphatic rings. The Morgan fingerprint density at radius 2 is 1.91 bits per heavy atom. The van der Waals surface area contributed by atoms with Crippen molar-refractivity contribution in [2.24, 2.45) is 5.41 Å². The smallest absolute Gasteiger partial charge is 0.248 e. The van der Waals surface area contributed by atoms with E-state index in [9.17, 15) is 23.2 Å². The number of rotatable bonds is 7.